The monoisotopic (exact) mass is 509 g/mol. The third-order valence-electron chi connectivity index (χ3n) is 4.85. The lowest BCUT2D eigenvalue weighted by atomic mass is 10.2. The number of morpholine rings is 1. The number of carbonyl (C=O) groups excluding carboxylic acids is 1. The minimum Gasteiger partial charge on any atom is -0.379 e. The van der Waals surface area contributed by atoms with Crippen LogP contribution < -0.4 is 4.80 Å². The molecule has 1 amide bonds. The summed E-state index contributed by atoms with van der Waals surface area (Å²) in [6.07, 6.45) is 5.49. The molecule has 0 aliphatic carbocycles. The van der Waals surface area contributed by atoms with Gasteiger partial charge in [0.2, 0.25) is 10.0 Å². The number of aromatic nitrogens is 1. The average Bonchev–Trinajstić information content (AvgIpc) is 3.11. The second-order valence-electron chi connectivity index (χ2n) is 6.87. The number of rotatable bonds is 4. The summed E-state index contributed by atoms with van der Waals surface area (Å²) >= 11 is 13.7. The SMILES string of the molecule is C#CCn1c(=NC(=O)c2ccc(S(=O)(=O)N3CCOCC3)cc2)sc2cc(Cl)cc(Cl)c21. The van der Waals surface area contributed by atoms with Crippen molar-refractivity contribution in [3.05, 3.63) is 56.8 Å². The Morgan fingerprint density at radius 1 is 1.19 bits per heavy atom. The van der Waals surface area contributed by atoms with Gasteiger partial charge in [-0.2, -0.15) is 9.30 Å². The number of thiazole rings is 1. The Balaban J connectivity index is 1.68. The highest BCUT2D eigenvalue weighted by Crippen LogP contribution is 2.29. The minimum atomic E-state index is -3.64. The van der Waals surface area contributed by atoms with E-state index in [2.05, 4.69) is 10.9 Å². The number of nitrogens with zero attached hydrogens (tertiary/aromatic N) is 3. The lowest BCUT2D eigenvalue weighted by Gasteiger charge is -2.26. The molecule has 4 rings (SSSR count). The van der Waals surface area contributed by atoms with Crippen molar-refractivity contribution in [1.82, 2.24) is 8.87 Å². The van der Waals surface area contributed by atoms with Crippen molar-refractivity contribution in [2.75, 3.05) is 26.3 Å². The zero-order chi connectivity index (χ0) is 22.9. The highest BCUT2D eigenvalue weighted by atomic mass is 35.5. The molecule has 0 atom stereocenters. The van der Waals surface area contributed by atoms with Crippen molar-refractivity contribution in [3.63, 3.8) is 0 Å². The van der Waals surface area contributed by atoms with Crippen LogP contribution in [0.3, 0.4) is 0 Å². The molecule has 1 aromatic heterocycles. The Hall–Kier alpha value is -2.19. The summed E-state index contributed by atoms with van der Waals surface area (Å²) in [5.41, 5.74) is 0.900. The van der Waals surface area contributed by atoms with Crippen LogP contribution in [0.2, 0.25) is 10.0 Å². The summed E-state index contributed by atoms with van der Waals surface area (Å²) in [4.78, 5) is 17.5. The molecule has 11 heteroatoms. The molecule has 1 fully saturated rings. The van der Waals surface area contributed by atoms with Gasteiger partial charge in [0.15, 0.2) is 4.80 Å². The molecule has 2 heterocycles. The number of terminal acetylenes is 1. The first-order valence-electron chi connectivity index (χ1n) is 9.50. The first-order valence-corrected chi connectivity index (χ1v) is 12.5. The van der Waals surface area contributed by atoms with Crippen LogP contribution in [0, 0.1) is 12.3 Å². The third-order valence-corrected chi connectivity index (χ3v) is 8.30. The maximum Gasteiger partial charge on any atom is 0.279 e. The summed E-state index contributed by atoms with van der Waals surface area (Å²) < 4.78 is 34.5. The van der Waals surface area contributed by atoms with Gasteiger partial charge in [-0.15, -0.1) is 6.42 Å². The summed E-state index contributed by atoms with van der Waals surface area (Å²) in [6, 6.07) is 9.04. The number of hydrogen-bond acceptors (Lipinski definition) is 5. The van der Waals surface area contributed by atoms with Gasteiger partial charge in [-0.1, -0.05) is 40.5 Å². The van der Waals surface area contributed by atoms with Gasteiger partial charge in [0.05, 0.1) is 39.9 Å². The number of carbonyl (C=O) groups is 1. The first-order chi connectivity index (χ1) is 15.3. The van der Waals surface area contributed by atoms with E-state index in [0.29, 0.717) is 46.7 Å². The number of benzene rings is 2. The lowest BCUT2D eigenvalue weighted by Crippen LogP contribution is -2.40. The Labute approximate surface area is 198 Å². The maximum absolute atomic E-state index is 12.8. The second kappa shape index (κ2) is 9.35. The van der Waals surface area contributed by atoms with Crippen molar-refractivity contribution in [2.24, 2.45) is 4.99 Å². The Bertz CT molecular complexity index is 1400. The molecule has 1 aliphatic rings. The molecule has 3 aromatic rings. The molecule has 1 saturated heterocycles. The van der Waals surface area contributed by atoms with Gasteiger partial charge in [0, 0.05) is 23.7 Å². The Morgan fingerprint density at radius 3 is 2.53 bits per heavy atom. The fourth-order valence-electron chi connectivity index (χ4n) is 3.31. The molecule has 166 valence electrons. The predicted molar refractivity (Wildman–Crippen MR) is 125 cm³/mol. The topological polar surface area (TPSA) is 81.0 Å². The van der Waals surface area contributed by atoms with Crippen LogP contribution in [0.5, 0.6) is 0 Å². The standard InChI is InChI=1S/C21H17Cl2N3O4S2/c1-2-7-26-19-17(23)12-15(22)13-18(19)31-21(26)24-20(27)14-3-5-16(6-4-14)32(28,29)25-8-10-30-11-9-25/h1,3-6,12-13H,7-11H2. The van der Waals surface area contributed by atoms with E-state index in [1.165, 1.54) is 39.9 Å². The van der Waals surface area contributed by atoms with Crippen LogP contribution in [-0.2, 0) is 21.3 Å². The molecule has 0 radical (unpaired) electrons. The molecule has 0 saturated carbocycles. The molecule has 0 spiro atoms. The highest BCUT2D eigenvalue weighted by molar-refractivity contribution is 7.89. The lowest BCUT2D eigenvalue weighted by molar-refractivity contribution is 0.0730. The number of halogens is 2. The number of sulfonamides is 1. The Morgan fingerprint density at radius 2 is 1.88 bits per heavy atom. The number of fused-ring (bicyclic) bond motifs is 1. The molecular weight excluding hydrogens is 493 g/mol. The zero-order valence-electron chi connectivity index (χ0n) is 16.6. The summed E-state index contributed by atoms with van der Waals surface area (Å²) in [7, 11) is -3.64. The number of ether oxygens (including phenoxy) is 1. The Kier molecular flexibility index (Phi) is 6.72. The minimum absolute atomic E-state index is 0.113. The summed E-state index contributed by atoms with van der Waals surface area (Å²) in [6.45, 7) is 1.48. The van der Waals surface area contributed by atoms with Crippen molar-refractivity contribution in [2.45, 2.75) is 11.4 Å². The van der Waals surface area contributed by atoms with Gasteiger partial charge in [-0.05, 0) is 36.4 Å². The normalized spacial score (nSPS) is 15.7. The molecule has 1 aliphatic heterocycles. The largest absolute Gasteiger partial charge is 0.379 e. The fourth-order valence-corrected chi connectivity index (χ4v) is 6.53. The van der Waals surface area contributed by atoms with Crippen molar-refractivity contribution in [1.29, 1.82) is 0 Å². The summed E-state index contributed by atoms with van der Waals surface area (Å²) in [5.74, 6) is 2.01. The molecular formula is C21H17Cl2N3O4S2. The van der Waals surface area contributed by atoms with Gasteiger partial charge in [-0.3, -0.25) is 4.79 Å². The van der Waals surface area contributed by atoms with Crippen LogP contribution in [0.15, 0.2) is 46.3 Å². The maximum atomic E-state index is 12.8. The van der Waals surface area contributed by atoms with E-state index in [0.717, 1.165) is 4.70 Å². The number of amides is 1. The second-order valence-corrected chi connectivity index (χ2v) is 10.7. The zero-order valence-corrected chi connectivity index (χ0v) is 19.8. The van der Waals surface area contributed by atoms with Crippen LogP contribution in [0.1, 0.15) is 10.4 Å². The van der Waals surface area contributed by atoms with Gasteiger partial charge >= 0.3 is 0 Å². The van der Waals surface area contributed by atoms with Crippen molar-refractivity contribution < 1.29 is 17.9 Å². The molecule has 0 bridgehead atoms. The van der Waals surface area contributed by atoms with Crippen molar-refractivity contribution in [3.8, 4) is 12.3 Å². The van der Waals surface area contributed by atoms with Crippen LogP contribution >= 0.6 is 34.5 Å². The smallest absolute Gasteiger partial charge is 0.279 e. The molecule has 2 aromatic carbocycles. The van der Waals surface area contributed by atoms with Gasteiger partial charge in [0.1, 0.15) is 0 Å². The van der Waals surface area contributed by atoms with E-state index in [9.17, 15) is 13.2 Å². The average molecular weight is 510 g/mol. The van der Waals surface area contributed by atoms with Gasteiger partial charge in [-0.25, -0.2) is 8.42 Å². The van der Waals surface area contributed by atoms with E-state index < -0.39 is 15.9 Å². The molecule has 7 nitrogen and oxygen atoms in total. The fraction of sp³-hybridized carbons (Fsp3) is 0.238. The third kappa shape index (κ3) is 4.48. The highest BCUT2D eigenvalue weighted by Gasteiger charge is 2.26. The van der Waals surface area contributed by atoms with E-state index in [1.54, 1.807) is 16.7 Å². The van der Waals surface area contributed by atoms with Crippen molar-refractivity contribution >= 4 is 60.7 Å². The quantitative estimate of drug-likeness (QED) is 0.504. The van der Waals surface area contributed by atoms with Crippen LogP contribution in [-0.4, -0.2) is 49.5 Å². The van der Waals surface area contributed by atoms with Gasteiger partial charge in [0.25, 0.3) is 5.91 Å². The van der Waals surface area contributed by atoms with E-state index in [-0.39, 0.29) is 17.0 Å². The van der Waals surface area contributed by atoms with E-state index >= 15 is 0 Å². The number of hydrogen-bond donors (Lipinski definition) is 0. The van der Waals surface area contributed by atoms with Crippen LogP contribution in [0.4, 0.5) is 0 Å². The van der Waals surface area contributed by atoms with Crippen LogP contribution in [0.25, 0.3) is 10.2 Å². The van der Waals surface area contributed by atoms with E-state index in [1.807, 2.05) is 0 Å². The first kappa shape index (κ1) is 23.0. The molecule has 0 N–H and O–H groups in total. The molecule has 32 heavy (non-hydrogen) atoms. The predicted octanol–water partition coefficient (Wildman–Crippen LogP) is 3.40. The van der Waals surface area contributed by atoms with E-state index in [4.69, 9.17) is 34.4 Å². The molecule has 0 unspecified atom stereocenters. The summed E-state index contributed by atoms with van der Waals surface area (Å²) in [5, 5.41) is 0.872. The van der Waals surface area contributed by atoms with Gasteiger partial charge < -0.3 is 9.30 Å².